The third-order valence-corrected chi connectivity index (χ3v) is 25.9. The number of thioether (sulfide) groups is 4. The number of nitrogens with one attached hydrogen (secondary N) is 8. The highest BCUT2D eigenvalue weighted by Crippen LogP contribution is 2.49. The quantitative estimate of drug-likeness (QED) is 0.103. The summed E-state index contributed by atoms with van der Waals surface area (Å²) in [5.41, 5.74) is 0. The molecule has 9 aliphatic rings. The van der Waals surface area contributed by atoms with Crippen molar-refractivity contribution in [3.63, 3.8) is 0 Å². The van der Waals surface area contributed by atoms with Crippen molar-refractivity contribution in [3.05, 3.63) is 0 Å². The summed E-state index contributed by atoms with van der Waals surface area (Å²) in [7, 11) is 35.2. The van der Waals surface area contributed by atoms with Crippen molar-refractivity contribution in [1.29, 1.82) is 0 Å². The van der Waals surface area contributed by atoms with Crippen LogP contribution in [0.15, 0.2) is 0 Å². The molecule has 20 heteroatoms. The zero-order valence-electron chi connectivity index (χ0n) is 50.1. The van der Waals surface area contributed by atoms with E-state index < -0.39 is 0 Å². The van der Waals surface area contributed by atoms with Gasteiger partial charge in [0, 0.05) is 23.0 Å². The second-order valence-corrected chi connectivity index (χ2v) is 30.7. The van der Waals surface area contributed by atoms with Crippen LogP contribution >= 0.6 is 47.0 Å². The van der Waals surface area contributed by atoms with E-state index in [0.717, 1.165) is 0 Å². The Morgan fingerprint density at radius 1 is 0.289 bits per heavy atom. The maximum atomic E-state index is 4.50. The van der Waals surface area contributed by atoms with Crippen LogP contribution in [0.5, 0.6) is 0 Å². The largest absolute Gasteiger partial charge is 0.307 e. The van der Waals surface area contributed by atoms with E-state index in [-0.39, 0.29) is 49.3 Å². The van der Waals surface area contributed by atoms with Gasteiger partial charge in [-0.2, -0.15) is 0 Å². The maximum Gasteiger partial charge on any atom is 0.307 e. The first kappa shape index (κ1) is 59.6. The molecule has 0 aromatic heterocycles. The third kappa shape index (κ3) is 13.6. The number of nitrogens with zero attached hydrogens (tertiary/aromatic N) is 8. The van der Waals surface area contributed by atoms with E-state index >= 15 is 0 Å². The lowest BCUT2D eigenvalue weighted by Gasteiger charge is -2.39. The fourth-order valence-corrected chi connectivity index (χ4v) is 21.2. The van der Waals surface area contributed by atoms with Crippen LogP contribution in [0.25, 0.3) is 0 Å². The van der Waals surface area contributed by atoms with E-state index in [2.05, 4.69) is 240 Å². The van der Waals surface area contributed by atoms with Gasteiger partial charge in [0.1, 0.15) is 0 Å². The number of rotatable bonds is 8. The van der Waals surface area contributed by atoms with Gasteiger partial charge in [-0.15, -0.1) is 0 Å². The van der Waals surface area contributed by atoms with Crippen LogP contribution in [0, 0.1) is 71.0 Å². The van der Waals surface area contributed by atoms with Crippen molar-refractivity contribution in [2.75, 3.05) is 136 Å². The molecule has 432 valence electrons. The smallest absolute Gasteiger partial charge is 0.286 e. The molecule has 5 aliphatic heterocycles. The first-order valence-electron chi connectivity index (χ1n) is 29.7. The molecule has 76 heavy (non-hydrogen) atoms. The third-order valence-electron chi connectivity index (χ3n) is 19.4. The molecule has 0 aromatic carbocycles. The number of amidine groups is 4. The van der Waals surface area contributed by atoms with Crippen LogP contribution in [0.1, 0.15) is 77.0 Å². The molecule has 8 N–H and O–H groups in total. The second-order valence-electron chi connectivity index (χ2n) is 26.7. The highest BCUT2D eigenvalue weighted by atomic mass is 32.2. The minimum absolute atomic E-state index is 0.258. The standard InChI is InChI=1S/C56H108N16S4/c1-65(2)53(66(3)4)73-29-33-17-21-37-41(25-33)49-57-45(37)62-50-43-27-35(31-75-55(69(9)10)70(11)12)19-23-39(43)47(59-50)64-52-44-28-36(32-76-56(71(13)14)72(15)16)20-24-40(44)48(60-52)63-51-42-26-34(18-22-38(42)46(58-51)61-49)30-74-54(67(5)6)68(7)8/h33-52,57-64H,17-32H2,1-16H3/q+4. The van der Waals surface area contributed by atoms with Gasteiger partial charge in [-0.1, -0.05) is 0 Å². The Kier molecular flexibility index (Phi) is 20.4. The zero-order valence-corrected chi connectivity index (χ0v) is 53.3. The summed E-state index contributed by atoms with van der Waals surface area (Å²) in [6.45, 7) is 0. The molecule has 0 aromatic rings. The molecule has 4 saturated carbocycles. The highest BCUT2D eigenvalue weighted by molar-refractivity contribution is 8.14. The van der Waals surface area contributed by atoms with Crippen LogP contribution in [-0.4, -0.2) is 244 Å². The average molecular weight is 1130 g/mol. The van der Waals surface area contributed by atoms with Crippen molar-refractivity contribution in [3.8, 4) is 0 Å². The summed E-state index contributed by atoms with van der Waals surface area (Å²) in [6, 6.07) is 0. The topological polar surface area (TPSA) is 121 Å². The molecule has 12 unspecified atom stereocenters. The Morgan fingerprint density at radius 2 is 0.461 bits per heavy atom. The highest BCUT2D eigenvalue weighted by Gasteiger charge is 2.56. The van der Waals surface area contributed by atoms with E-state index in [1.54, 1.807) is 0 Å². The monoisotopic (exact) mass is 1130 g/mol. The predicted octanol–water partition coefficient (Wildman–Crippen LogP) is 3.20. The summed E-state index contributed by atoms with van der Waals surface area (Å²) in [5, 5.41) is 41.1. The summed E-state index contributed by atoms with van der Waals surface area (Å²) >= 11 is 8.26. The molecule has 0 amide bonds. The summed E-state index contributed by atoms with van der Waals surface area (Å²) in [6.07, 6.45) is 17.5. The second kappa shape index (κ2) is 26.0. The number of hydrogen-bond donors (Lipinski definition) is 8. The maximum absolute atomic E-state index is 4.50. The van der Waals surface area contributed by atoms with E-state index in [1.807, 2.05) is 0 Å². The van der Waals surface area contributed by atoms with Gasteiger partial charge in [0.25, 0.3) is 0 Å². The van der Waals surface area contributed by atoms with E-state index in [1.165, 1.54) is 121 Å². The van der Waals surface area contributed by atoms with E-state index in [4.69, 9.17) is 0 Å². The lowest BCUT2D eigenvalue weighted by Crippen LogP contribution is -2.61. The fraction of sp³-hybridized carbons (Fsp3) is 0.929. The molecule has 9 fully saturated rings. The van der Waals surface area contributed by atoms with Gasteiger partial charge in [0.15, 0.2) is 0 Å². The number of hydrogen-bond acceptors (Lipinski definition) is 12. The molecular formula is C56H108N16S4+4. The average Bonchev–Trinajstić information content (AvgIpc) is 4.18. The zero-order chi connectivity index (χ0) is 54.3. The molecule has 0 spiro atoms. The Hall–Kier alpha value is -1.04. The number of fused-ring (bicyclic) bond motifs is 20. The van der Waals surface area contributed by atoms with Gasteiger partial charge < -0.3 is 0 Å². The van der Waals surface area contributed by atoms with Gasteiger partial charge in [0.2, 0.25) is 0 Å². The normalized spacial score (nSPS) is 39.5. The Morgan fingerprint density at radius 3 is 0.618 bits per heavy atom. The molecule has 8 bridgehead atoms. The molecule has 9 rings (SSSR count). The lowest BCUT2D eigenvalue weighted by atomic mass is 9.72. The Balaban J connectivity index is 1.02. The van der Waals surface area contributed by atoms with Gasteiger partial charge in [-0.25, -0.2) is 0 Å². The van der Waals surface area contributed by atoms with Crippen molar-refractivity contribution in [2.24, 2.45) is 71.0 Å². The van der Waals surface area contributed by atoms with Gasteiger partial charge in [-0.05, 0) is 195 Å². The Labute approximate surface area is 478 Å². The predicted molar refractivity (Wildman–Crippen MR) is 326 cm³/mol. The minimum atomic E-state index is 0.258. The summed E-state index contributed by atoms with van der Waals surface area (Å²) in [5.74, 6) is 12.2. The lowest BCUT2D eigenvalue weighted by molar-refractivity contribution is -0.466. The Bertz CT molecular complexity index is 1800. The first-order chi connectivity index (χ1) is 36.2. The molecule has 5 heterocycles. The van der Waals surface area contributed by atoms with Crippen LogP contribution in [0.2, 0.25) is 0 Å². The molecule has 16 nitrogen and oxygen atoms in total. The molecule has 4 aliphatic carbocycles. The molecule has 0 radical (unpaired) electrons. The fourth-order valence-electron chi connectivity index (χ4n) is 16.4. The van der Waals surface area contributed by atoms with E-state index in [0.29, 0.717) is 71.0 Å². The van der Waals surface area contributed by atoms with Crippen molar-refractivity contribution in [1.82, 2.24) is 62.1 Å². The summed E-state index contributed by atoms with van der Waals surface area (Å²) < 4.78 is 9.20. The first-order valence-corrected chi connectivity index (χ1v) is 33.6. The SMILES string of the molecule is CN(C)C(SCC1CCC2C3NC(NC4NC(NC5NC(NC6NC(N3)C3CC(CSC(N(C)C)=[N+](C)C)CCC63)C3CC(CSC(N(C)C)=[N+](C)C)CCC53)C3CC(CSC(N(C)C)=[N+](C)C)CCC43)C2C1)=[N+](C)C. The van der Waals surface area contributed by atoms with Crippen LogP contribution < -0.4 is 42.5 Å². The van der Waals surface area contributed by atoms with Gasteiger partial charge in [-0.3, -0.25) is 80.4 Å². The van der Waals surface area contributed by atoms with Crippen molar-refractivity contribution < 1.29 is 18.3 Å². The minimum Gasteiger partial charge on any atom is -0.286 e. The van der Waals surface area contributed by atoms with Crippen molar-refractivity contribution in [2.45, 2.75) is 126 Å². The summed E-state index contributed by atoms with van der Waals surface area (Å²) in [4.78, 5) is 9.20. The van der Waals surface area contributed by atoms with Gasteiger partial charge >= 0.3 is 20.7 Å². The van der Waals surface area contributed by atoms with Crippen LogP contribution in [0.4, 0.5) is 0 Å². The molecule has 5 saturated heterocycles. The van der Waals surface area contributed by atoms with Crippen LogP contribution in [-0.2, 0) is 0 Å². The molecule has 12 atom stereocenters. The van der Waals surface area contributed by atoms with Gasteiger partial charge in [0.05, 0.1) is 162 Å². The molecular weight excluding hydrogens is 1020 g/mol. The van der Waals surface area contributed by atoms with Crippen molar-refractivity contribution >= 4 is 67.7 Å². The van der Waals surface area contributed by atoms with E-state index in [9.17, 15) is 0 Å². The van der Waals surface area contributed by atoms with Crippen LogP contribution in [0.3, 0.4) is 0 Å².